The minimum absolute atomic E-state index is 0.502. The lowest BCUT2D eigenvalue weighted by atomic mass is 9.66. The van der Waals surface area contributed by atoms with Gasteiger partial charge in [0.1, 0.15) is 0 Å². The SMILES string of the molecule is C/C(=C\CC(C1C=CCC(C(C)CCC=N)C1)C(C)NC1CCCC2CCCCC21)C1=C2C=CCCC2C(c2ccc(C3=CCCC=C3)c3ccccc23)CC1. The summed E-state index contributed by atoms with van der Waals surface area (Å²) in [6.07, 6.45) is 44.5. The van der Waals surface area contributed by atoms with E-state index in [1.165, 1.54) is 105 Å². The average Bonchev–Trinajstić information content (AvgIpc) is 3.25. The summed E-state index contributed by atoms with van der Waals surface area (Å²) >= 11 is 0. The summed E-state index contributed by atoms with van der Waals surface area (Å²) in [7, 11) is 0. The quantitative estimate of drug-likeness (QED) is 0.155. The molecule has 2 aromatic rings. The second-order valence-electron chi connectivity index (χ2n) is 19.1. The molecule has 298 valence electrons. The van der Waals surface area contributed by atoms with Gasteiger partial charge in [-0.25, -0.2) is 0 Å². The van der Waals surface area contributed by atoms with E-state index in [1.807, 2.05) is 0 Å². The Balaban J connectivity index is 1.06. The van der Waals surface area contributed by atoms with E-state index in [0.717, 1.165) is 49.9 Å². The molecule has 0 aromatic heterocycles. The van der Waals surface area contributed by atoms with Gasteiger partial charge in [-0.15, -0.1) is 0 Å². The summed E-state index contributed by atoms with van der Waals surface area (Å²) in [6.45, 7) is 7.47. The molecule has 6 aliphatic carbocycles. The first-order valence-electron chi connectivity index (χ1n) is 23.4. The number of fused-ring (bicyclic) bond motifs is 3. The van der Waals surface area contributed by atoms with Gasteiger partial charge in [-0.3, -0.25) is 0 Å². The van der Waals surface area contributed by atoms with Crippen LogP contribution in [0, 0.1) is 46.8 Å². The summed E-state index contributed by atoms with van der Waals surface area (Å²) in [5.74, 6) is 5.62. The number of nitrogens with one attached hydrogen (secondary N) is 2. The summed E-state index contributed by atoms with van der Waals surface area (Å²) in [5.41, 5.74) is 9.19. The molecular weight excluding hydrogens is 677 g/mol. The molecule has 10 unspecified atom stereocenters. The van der Waals surface area contributed by atoms with Gasteiger partial charge in [0.05, 0.1) is 0 Å². The Hall–Kier alpha value is -3.23. The van der Waals surface area contributed by atoms with Crippen LogP contribution in [-0.4, -0.2) is 18.3 Å². The topological polar surface area (TPSA) is 35.9 Å². The van der Waals surface area contributed by atoms with Crippen molar-refractivity contribution in [3.63, 3.8) is 0 Å². The fraction of sp³-hybridized carbons (Fsp3) is 0.574. The minimum Gasteiger partial charge on any atom is -0.313 e. The van der Waals surface area contributed by atoms with Gasteiger partial charge in [-0.05, 0) is 189 Å². The molecule has 10 atom stereocenters. The van der Waals surface area contributed by atoms with Gasteiger partial charge in [0.15, 0.2) is 0 Å². The van der Waals surface area contributed by atoms with Crippen molar-refractivity contribution in [2.45, 2.75) is 154 Å². The van der Waals surface area contributed by atoms with Crippen molar-refractivity contribution in [1.29, 1.82) is 5.41 Å². The van der Waals surface area contributed by atoms with E-state index < -0.39 is 0 Å². The maximum atomic E-state index is 7.66. The molecule has 8 rings (SSSR count). The first-order valence-corrected chi connectivity index (χ1v) is 23.4. The van der Waals surface area contributed by atoms with Crippen molar-refractivity contribution in [2.24, 2.45) is 41.4 Å². The van der Waals surface area contributed by atoms with E-state index in [2.05, 4.69) is 111 Å². The molecule has 2 nitrogen and oxygen atoms in total. The summed E-state index contributed by atoms with van der Waals surface area (Å²) in [5, 5.41) is 14.9. The predicted molar refractivity (Wildman–Crippen MR) is 241 cm³/mol. The van der Waals surface area contributed by atoms with Gasteiger partial charge in [0.2, 0.25) is 0 Å². The Kier molecular flexibility index (Phi) is 13.1. The molecule has 0 bridgehead atoms. The van der Waals surface area contributed by atoms with Crippen LogP contribution in [0.5, 0.6) is 0 Å². The number of allylic oxidation sites excluding steroid dienone is 12. The van der Waals surface area contributed by atoms with Crippen molar-refractivity contribution < 1.29 is 0 Å². The minimum atomic E-state index is 0.502. The summed E-state index contributed by atoms with van der Waals surface area (Å²) < 4.78 is 0. The van der Waals surface area contributed by atoms with E-state index >= 15 is 0 Å². The highest BCUT2D eigenvalue weighted by Crippen LogP contribution is 2.50. The molecule has 0 aliphatic heterocycles. The van der Waals surface area contributed by atoms with Crippen LogP contribution in [0.25, 0.3) is 16.3 Å². The summed E-state index contributed by atoms with van der Waals surface area (Å²) in [6, 6.07) is 15.4. The van der Waals surface area contributed by atoms with Gasteiger partial charge >= 0.3 is 0 Å². The zero-order valence-electron chi connectivity index (χ0n) is 35.2. The highest BCUT2D eigenvalue weighted by Gasteiger charge is 2.38. The van der Waals surface area contributed by atoms with Gasteiger partial charge in [-0.1, -0.05) is 130 Å². The molecular formula is C54H72N2. The largest absolute Gasteiger partial charge is 0.313 e. The normalized spacial score (nSPS) is 31.0. The lowest BCUT2D eigenvalue weighted by Gasteiger charge is -2.45. The molecule has 0 heterocycles. The van der Waals surface area contributed by atoms with E-state index in [4.69, 9.17) is 5.41 Å². The second-order valence-corrected chi connectivity index (χ2v) is 19.1. The number of rotatable bonds is 13. The van der Waals surface area contributed by atoms with Crippen LogP contribution in [0.15, 0.2) is 102 Å². The smallest absolute Gasteiger partial charge is 0.0101 e. The lowest BCUT2D eigenvalue weighted by molar-refractivity contribution is 0.106. The van der Waals surface area contributed by atoms with Crippen molar-refractivity contribution in [1.82, 2.24) is 5.32 Å². The average molecular weight is 749 g/mol. The van der Waals surface area contributed by atoms with Crippen LogP contribution in [0.2, 0.25) is 0 Å². The predicted octanol–water partition coefficient (Wildman–Crippen LogP) is 14.7. The number of hydrogen-bond donors (Lipinski definition) is 2. The van der Waals surface area contributed by atoms with Gasteiger partial charge < -0.3 is 10.7 Å². The van der Waals surface area contributed by atoms with Crippen molar-refractivity contribution in [2.75, 3.05) is 0 Å². The molecule has 0 amide bonds. The van der Waals surface area contributed by atoms with E-state index in [0.29, 0.717) is 41.7 Å². The molecule has 56 heavy (non-hydrogen) atoms. The Morgan fingerprint density at radius 2 is 1.70 bits per heavy atom. The van der Waals surface area contributed by atoms with Gasteiger partial charge in [-0.2, -0.15) is 0 Å². The zero-order chi connectivity index (χ0) is 38.4. The zero-order valence-corrected chi connectivity index (χ0v) is 35.2. The maximum absolute atomic E-state index is 7.66. The standard InChI is InChI=1S/C54H72N2/c1-37(16-15-35-55)42-21-13-22-43(36-42)45(39(3)56-54-28-14-20-41-19-7-8-23-47(41)54)30-29-38(2)44-31-33-52(50-26-11-9-24-48(44)50)53-34-32-46(40-17-5-4-6-18-40)49-25-10-12-27-51(49)53/h5,9-10,12-13,17-18,22,24-25,27,29,32,34-35,37,39,41-43,45,47,50,52,54-56H,4,6-8,11,14-16,19-21,23,26,28,30-31,33,36H2,1-3H3/b38-29+,55-35?. The second kappa shape index (κ2) is 18.6. The van der Waals surface area contributed by atoms with E-state index in [1.54, 1.807) is 28.5 Å². The van der Waals surface area contributed by atoms with Crippen LogP contribution >= 0.6 is 0 Å². The highest BCUT2D eigenvalue weighted by molar-refractivity contribution is 5.98. The van der Waals surface area contributed by atoms with Crippen LogP contribution in [0.4, 0.5) is 0 Å². The first kappa shape index (κ1) is 39.6. The third-order valence-corrected chi connectivity index (χ3v) is 15.9. The Morgan fingerprint density at radius 3 is 2.55 bits per heavy atom. The molecule has 0 saturated heterocycles. The monoisotopic (exact) mass is 749 g/mol. The lowest BCUT2D eigenvalue weighted by Crippen LogP contribution is -2.50. The number of benzene rings is 2. The Bertz CT molecular complexity index is 1860. The number of hydrogen-bond acceptors (Lipinski definition) is 2. The molecule has 2 fully saturated rings. The van der Waals surface area contributed by atoms with Crippen molar-refractivity contribution in [3.05, 3.63) is 113 Å². The van der Waals surface area contributed by atoms with E-state index in [-0.39, 0.29) is 0 Å². The van der Waals surface area contributed by atoms with Crippen LogP contribution in [0.3, 0.4) is 0 Å². The third-order valence-electron chi connectivity index (χ3n) is 15.9. The molecule has 0 radical (unpaired) electrons. The van der Waals surface area contributed by atoms with Gasteiger partial charge in [0.25, 0.3) is 0 Å². The van der Waals surface area contributed by atoms with E-state index in [9.17, 15) is 0 Å². The highest BCUT2D eigenvalue weighted by atomic mass is 15.0. The molecule has 6 aliphatic rings. The first-order chi connectivity index (χ1) is 27.5. The Labute approximate surface area is 340 Å². The molecule has 2 aromatic carbocycles. The van der Waals surface area contributed by atoms with Crippen LogP contribution < -0.4 is 5.32 Å². The van der Waals surface area contributed by atoms with Crippen LogP contribution in [0.1, 0.15) is 153 Å². The maximum Gasteiger partial charge on any atom is 0.0101 e. The summed E-state index contributed by atoms with van der Waals surface area (Å²) in [4.78, 5) is 0. The van der Waals surface area contributed by atoms with Crippen molar-refractivity contribution in [3.8, 4) is 0 Å². The fourth-order valence-corrected chi connectivity index (χ4v) is 12.8. The van der Waals surface area contributed by atoms with Crippen LogP contribution in [-0.2, 0) is 0 Å². The van der Waals surface area contributed by atoms with Crippen molar-refractivity contribution >= 4 is 22.6 Å². The third kappa shape index (κ3) is 8.62. The fourth-order valence-electron chi connectivity index (χ4n) is 12.8. The molecule has 2 heteroatoms. The van der Waals surface area contributed by atoms with Gasteiger partial charge in [0, 0.05) is 12.1 Å². The molecule has 2 N–H and O–H groups in total. The molecule has 0 spiro atoms. The molecule has 2 saturated carbocycles. The Morgan fingerprint density at radius 1 is 0.857 bits per heavy atom.